The Hall–Kier alpha value is -2.16. The van der Waals surface area contributed by atoms with Crippen molar-refractivity contribution >= 4 is 21.4 Å². The van der Waals surface area contributed by atoms with Crippen LogP contribution in [0.5, 0.6) is 5.75 Å². The molecule has 8 heteroatoms. The predicted molar refractivity (Wildman–Crippen MR) is 93.7 cm³/mol. The zero-order valence-electron chi connectivity index (χ0n) is 13.2. The van der Waals surface area contributed by atoms with Crippen LogP contribution in [0.1, 0.15) is 11.3 Å². The molecule has 0 bridgehead atoms. The molecule has 0 radical (unpaired) electrons. The van der Waals surface area contributed by atoms with E-state index in [0.29, 0.717) is 5.75 Å². The summed E-state index contributed by atoms with van der Waals surface area (Å²) in [6.07, 6.45) is 0. The first kappa shape index (κ1) is 16.7. The zero-order valence-corrected chi connectivity index (χ0v) is 14.9. The number of rotatable bonds is 6. The topological polar surface area (TPSA) is 84.1 Å². The van der Waals surface area contributed by atoms with Crippen molar-refractivity contribution in [2.45, 2.75) is 17.7 Å². The Bertz CT molecular complexity index is 945. The highest BCUT2D eigenvalue weighted by Gasteiger charge is 2.18. The van der Waals surface area contributed by atoms with E-state index in [0.717, 1.165) is 21.8 Å². The molecule has 126 valence electrons. The molecule has 0 atom stereocenters. The fraction of sp³-hybridized carbons (Fsp3) is 0.188. The first-order valence-corrected chi connectivity index (χ1v) is 9.53. The van der Waals surface area contributed by atoms with Gasteiger partial charge in [-0.2, -0.15) is 5.10 Å². The molecule has 0 aliphatic rings. The Kier molecular flexibility index (Phi) is 4.70. The number of para-hydroxylation sites is 1. The van der Waals surface area contributed by atoms with E-state index in [2.05, 4.69) is 14.9 Å². The van der Waals surface area contributed by atoms with E-state index in [1.54, 1.807) is 25.3 Å². The van der Waals surface area contributed by atoms with Crippen molar-refractivity contribution in [3.8, 4) is 16.3 Å². The maximum atomic E-state index is 12.5. The number of benzene rings is 1. The van der Waals surface area contributed by atoms with E-state index in [-0.39, 0.29) is 10.8 Å². The van der Waals surface area contributed by atoms with Crippen LogP contribution in [0.25, 0.3) is 10.6 Å². The van der Waals surface area contributed by atoms with Gasteiger partial charge in [-0.1, -0.05) is 18.2 Å². The molecule has 24 heavy (non-hydrogen) atoms. The van der Waals surface area contributed by atoms with Gasteiger partial charge in [0.05, 0.1) is 12.0 Å². The van der Waals surface area contributed by atoms with Crippen molar-refractivity contribution in [2.75, 3.05) is 7.11 Å². The molecular weight excluding hydrogens is 346 g/mol. The lowest BCUT2D eigenvalue weighted by Gasteiger charge is -2.09. The minimum absolute atomic E-state index is 0.168. The van der Waals surface area contributed by atoms with E-state index >= 15 is 0 Å². The Balaban J connectivity index is 1.77. The average Bonchev–Trinajstić information content (AvgIpc) is 3.22. The second-order valence-electron chi connectivity index (χ2n) is 5.19. The van der Waals surface area contributed by atoms with Crippen molar-refractivity contribution < 1.29 is 13.2 Å². The summed E-state index contributed by atoms with van der Waals surface area (Å²) in [7, 11) is -2.03. The fourth-order valence-corrected chi connectivity index (χ4v) is 4.56. The predicted octanol–water partition coefficient (Wildman–Crippen LogP) is 2.93. The molecule has 0 amide bonds. The molecular formula is C16H17N3O3S2. The van der Waals surface area contributed by atoms with Gasteiger partial charge >= 0.3 is 0 Å². The number of thiophene rings is 1. The first-order valence-electron chi connectivity index (χ1n) is 7.23. The van der Waals surface area contributed by atoms with Crippen LogP contribution in [-0.4, -0.2) is 25.7 Å². The molecule has 0 aliphatic carbocycles. The molecule has 2 aromatic heterocycles. The molecule has 2 N–H and O–H groups in total. The summed E-state index contributed by atoms with van der Waals surface area (Å²) in [6.45, 7) is 2.07. The Labute approximate surface area is 144 Å². The minimum Gasteiger partial charge on any atom is -0.496 e. The summed E-state index contributed by atoms with van der Waals surface area (Å²) in [6, 6.07) is 12.5. The van der Waals surface area contributed by atoms with E-state index < -0.39 is 10.0 Å². The Morgan fingerprint density at radius 1 is 1.25 bits per heavy atom. The maximum Gasteiger partial charge on any atom is 0.250 e. The van der Waals surface area contributed by atoms with Gasteiger partial charge in [0.15, 0.2) is 0 Å². The van der Waals surface area contributed by atoms with Crippen LogP contribution in [-0.2, 0) is 16.6 Å². The van der Waals surface area contributed by atoms with Crippen molar-refractivity contribution in [1.82, 2.24) is 14.9 Å². The SMILES string of the molecule is COc1ccccc1CNS(=O)(=O)c1ccc(-c2cc(C)[nH]n2)s1. The van der Waals surface area contributed by atoms with Crippen LogP contribution in [0.3, 0.4) is 0 Å². The van der Waals surface area contributed by atoms with E-state index in [1.807, 2.05) is 31.2 Å². The van der Waals surface area contributed by atoms with Crippen LogP contribution in [0.15, 0.2) is 46.7 Å². The number of methoxy groups -OCH3 is 1. The van der Waals surface area contributed by atoms with E-state index in [9.17, 15) is 8.42 Å². The average molecular weight is 363 g/mol. The molecule has 0 unspecified atom stereocenters. The summed E-state index contributed by atoms with van der Waals surface area (Å²) >= 11 is 1.19. The molecule has 3 aromatic rings. The lowest BCUT2D eigenvalue weighted by Crippen LogP contribution is -2.22. The molecule has 1 aromatic carbocycles. The van der Waals surface area contributed by atoms with Gasteiger partial charge in [0, 0.05) is 17.8 Å². The number of hydrogen-bond donors (Lipinski definition) is 2. The van der Waals surface area contributed by atoms with Gasteiger partial charge in [-0.15, -0.1) is 11.3 Å². The molecule has 6 nitrogen and oxygen atoms in total. The van der Waals surface area contributed by atoms with Gasteiger partial charge in [-0.3, -0.25) is 5.10 Å². The van der Waals surface area contributed by atoms with Crippen molar-refractivity contribution in [3.63, 3.8) is 0 Å². The van der Waals surface area contributed by atoms with Gasteiger partial charge in [-0.25, -0.2) is 13.1 Å². The molecule has 0 fully saturated rings. The van der Waals surface area contributed by atoms with Gasteiger partial charge < -0.3 is 4.74 Å². The highest BCUT2D eigenvalue weighted by atomic mass is 32.2. The van der Waals surface area contributed by atoms with Gasteiger partial charge in [0.1, 0.15) is 15.7 Å². The number of aromatic amines is 1. The summed E-state index contributed by atoms with van der Waals surface area (Å²) in [5.41, 5.74) is 2.45. The first-order chi connectivity index (χ1) is 11.5. The van der Waals surface area contributed by atoms with Crippen LogP contribution in [0, 0.1) is 6.92 Å². The molecule has 0 saturated carbocycles. The Morgan fingerprint density at radius 2 is 2.04 bits per heavy atom. The fourth-order valence-electron chi connectivity index (χ4n) is 2.24. The number of aromatic nitrogens is 2. The molecule has 0 spiro atoms. The summed E-state index contributed by atoms with van der Waals surface area (Å²) in [5, 5.41) is 7.00. The number of sulfonamides is 1. The van der Waals surface area contributed by atoms with E-state index in [4.69, 9.17) is 4.74 Å². The van der Waals surface area contributed by atoms with Crippen LogP contribution >= 0.6 is 11.3 Å². The molecule has 0 saturated heterocycles. The van der Waals surface area contributed by atoms with Crippen molar-refractivity contribution in [2.24, 2.45) is 0 Å². The third kappa shape index (κ3) is 3.50. The number of H-pyrrole nitrogens is 1. The zero-order chi connectivity index (χ0) is 17.2. The second kappa shape index (κ2) is 6.76. The number of nitrogens with one attached hydrogen (secondary N) is 2. The van der Waals surface area contributed by atoms with E-state index in [1.165, 1.54) is 11.3 Å². The highest BCUT2D eigenvalue weighted by molar-refractivity contribution is 7.91. The van der Waals surface area contributed by atoms with Crippen molar-refractivity contribution in [1.29, 1.82) is 0 Å². The molecule has 2 heterocycles. The second-order valence-corrected chi connectivity index (χ2v) is 8.27. The summed E-state index contributed by atoms with van der Waals surface area (Å²) in [4.78, 5) is 0.803. The third-order valence-corrected chi connectivity index (χ3v) is 6.45. The van der Waals surface area contributed by atoms with Crippen LogP contribution in [0.4, 0.5) is 0 Å². The normalized spacial score (nSPS) is 11.6. The van der Waals surface area contributed by atoms with Crippen molar-refractivity contribution in [3.05, 3.63) is 53.7 Å². The lowest BCUT2D eigenvalue weighted by atomic mass is 10.2. The van der Waals surface area contributed by atoms with Gasteiger partial charge in [0.25, 0.3) is 0 Å². The monoisotopic (exact) mass is 363 g/mol. The number of hydrogen-bond acceptors (Lipinski definition) is 5. The standard InChI is InChI=1S/C16H17N3O3S2/c1-11-9-13(19-18-11)15-7-8-16(23-15)24(20,21)17-10-12-5-3-4-6-14(12)22-2/h3-9,17H,10H2,1-2H3,(H,18,19). The molecule has 0 aliphatic heterocycles. The Morgan fingerprint density at radius 3 is 2.75 bits per heavy atom. The third-order valence-electron chi connectivity index (χ3n) is 3.45. The highest BCUT2D eigenvalue weighted by Crippen LogP contribution is 2.30. The minimum atomic E-state index is -3.59. The van der Waals surface area contributed by atoms with Crippen LogP contribution < -0.4 is 9.46 Å². The largest absolute Gasteiger partial charge is 0.496 e. The number of nitrogens with zero attached hydrogens (tertiary/aromatic N) is 1. The quantitative estimate of drug-likeness (QED) is 0.705. The number of aryl methyl sites for hydroxylation is 1. The number of ether oxygens (including phenoxy) is 1. The molecule has 3 rings (SSSR count). The van der Waals surface area contributed by atoms with Gasteiger partial charge in [-0.05, 0) is 31.2 Å². The van der Waals surface area contributed by atoms with Crippen LogP contribution in [0.2, 0.25) is 0 Å². The smallest absolute Gasteiger partial charge is 0.250 e. The maximum absolute atomic E-state index is 12.5. The summed E-state index contributed by atoms with van der Waals surface area (Å²) < 4.78 is 33.1. The van der Waals surface area contributed by atoms with Gasteiger partial charge in [0.2, 0.25) is 10.0 Å². The lowest BCUT2D eigenvalue weighted by molar-refractivity contribution is 0.409. The summed E-state index contributed by atoms with van der Waals surface area (Å²) in [5.74, 6) is 0.652.